The van der Waals surface area contributed by atoms with E-state index in [1.54, 1.807) is 12.1 Å². The highest BCUT2D eigenvalue weighted by Gasteiger charge is 2.31. The number of alkyl halides is 3. The molecule has 0 aromatic heterocycles. The number of ether oxygens (including phenoxy) is 1. The number of hydrogen-bond donors (Lipinski definition) is 1. The van der Waals surface area contributed by atoms with E-state index in [2.05, 4.69) is 58.0 Å². The average Bonchev–Trinajstić information content (AvgIpc) is 3.00. The standard InChI is InChI=1S/C28H26F3NOS/c29-28(30,31)33-23-15-17-24(18-16-23)34-32-22-13-11-21(12-14-22)27-25-7-3-1-5-19(25)9-10-20-6-2-4-8-26(20)27/h1-8,15-18,22,32H,9-14H2. The van der Waals surface area contributed by atoms with Gasteiger partial charge in [0.1, 0.15) is 5.75 Å². The molecule has 6 heteroatoms. The normalized spacial score (nSPS) is 18.1. The zero-order valence-electron chi connectivity index (χ0n) is 18.7. The fourth-order valence-electron chi connectivity index (χ4n) is 4.95. The van der Waals surface area contributed by atoms with Crippen LogP contribution in [0, 0.1) is 0 Å². The molecule has 0 spiro atoms. The topological polar surface area (TPSA) is 21.3 Å². The molecular weight excluding hydrogens is 455 g/mol. The SMILES string of the molecule is FC(F)(F)Oc1ccc(SNC2CCC(=C3c4ccccc4CCc4ccccc43)CC2)cc1. The molecule has 0 saturated heterocycles. The molecule has 0 unspecified atom stereocenters. The highest BCUT2D eigenvalue weighted by atomic mass is 32.2. The summed E-state index contributed by atoms with van der Waals surface area (Å²) in [6.45, 7) is 0. The molecule has 34 heavy (non-hydrogen) atoms. The van der Waals surface area contributed by atoms with Gasteiger partial charge in [0.05, 0.1) is 0 Å². The highest BCUT2D eigenvalue weighted by molar-refractivity contribution is 7.97. The van der Waals surface area contributed by atoms with Crippen LogP contribution in [0.25, 0.3) is 5.57 Å². The average molecular weight is 482 g/mol. The third-order valence-electron chi connectivity index (χ3n) is 6.58. The summed E-state index contributed by atoms with van der Waals surface area (Å²) in [6, 6.07) is 24.0. The summed E-state index contributed by atoms with van der Waals surface area (Å²) in [7, 11) is 0. The van der Waals surface area contributed by atoms with E-state index in [-0.39, 0.29) is 5.75 Å². The largest absolute Gasteiger partial charge is 0.573 e. The van der Waals surface area contributed by atoms with Gasteiger partial charge >= 0.3 is 6.36 Å². The number of fused-ring (bicyclic) bond motifs is 2. The van der Waals surface area contributed by atoms with Crippen molar-refractivity contribution in [1.82, 2.24) is 4.72 Å². The zero-order valence-corrected chi connectivity index (χ0v) is 19.5. The minimum atomic E-state index is -4.67. The van der Waals surface area contributed by atoms with E-state index in [9.17, 15) is 13.2 Å². The molecule has 0 amide bonds. The lowest BCUT2D eigenvalue weighted by Gasteiger charge is -2.27. The first-order chi connectivity index (χ1) is 16.5. The molecule has 0 atom stereocenters. The van der Waals surface area contributed by atoms with E-state index in [0.717, 1.165) is 43.4 Å². The van der Waals surface area contributed by atoms with Crippen LogP contribution >= 0.6 is 11.9 Å². The second-order valence-electron chi connectivity index (χ2n) is 8.81. The van der Waals surface area contributed by atoms with Crippen LogP contribution in [0.15, 0.2) is 83.3 Å². The van der Waals surface area contributed by atoms with Gasteiger partial charge in [0.15, 0.2) is 0 Å². The number of hydrogen-bond acceptors (Lipinski definition) is 3. The molecule has 2 nitrogen and oxygen atoms in total. The predicted molar refractivity (Wildman–Crippen MR) is 131 cm³/mol. The number of aryl methyl sites for hydroxylation is 2. The lowest BCUT2D eigenvalue weighted by Crippen LogP contribution is -2.26. The maximum atomic E-state index is 12.3. The lowest BCUT2D eigenvalue weighted by molar-refractivity contribution is -0.274. The molecule has 0 bridgehead atoms. The van der Waals surface area contributed by atoms with Crippen molar-refractivity contribution in [2.45, 2.75) is 55.8 Å². The Kier molecular flexibility index (Phi) is 6.70. The number of allylic oxidation sites excluding steroid dienone is 1. The zero-order chi connectivity index (χ0) is 23.5. The summed E-state index contributed by atoms with van der Waals surface area (Å²) in [6.07, 6.45) is 1.61. The fourth-order valence-corrected chi connectivity index (χ4v) is 5.77. The molecule has 1 N–H and O–H groups in total. The van der Waals surface area contributed by atoms with E-state index in [4.69, 9.17) is 0 Å². The first-order valence-corrected chi connectivity index (χ1v) is 12.4. The van der Waals surface area contributed by atoms with Crippen molar-refractivity contribution >= 4 is 17.5 Å². The second-order valence-corrected chi connectivity index (χ2v) is 9.72. The molecule has 1 saturated carbocycles. The van der Waals surface area contributed by atoms with Crippen LogP contribution in [0.2, 0.25) is 0 Å². The van der Waals surface area contributed by atoms with Crippen LogP contribution in [0.5, 0.6) is 5.75 Å². The monoisotopic (exact) mass is 481 g/mol. The Morgan fingerprint density at radius 1 is 0.735 bits per heavy atom. The number of halogens is 3. The molecule has 0 aliphatic heterocycles. The van der Waals surface area contributed by atoms with Gasteiger partial charge in [0, 0.05) is 10.9 Å². The molecule has 2 aliphatic rings. The highest BCUT2D eigenvalue weighted by Crippen LogP contribution is 2.40. The van der Waals surface area contributed by atoms with Crippen LogP contribution < -0.4 is 9.46 Å². The maximum Gasteiger partial charge on any atom is 0.573 e. The molecule has 3 aromatic carbocycles. The Morgan fingerprint density at radius 2 is 1.29 bits per heavy atom. The van der Waals surface area contributed by atoms with Crippen molar-refractivity contribution in [3.8, 4) is 5.75 Å². The minimum Gasteiger partial charge on any atom is -0.406 e. The minimum absolute atomic E-state index is 0.199. The van der Waals surface area contributed by atoms with Gasteiger partial charge in [-0.1, -0.05) is 54.1 Å². The molecule has 2 aliphatic carbocycles. The predicted octanol–water partition coefficient (Wildman–Crippen LogP) is 7.73. The number of rotatable bonds is 4. The molecule has 1 fully saturated rings. The third kappa shape index (κ3) is 5.34. The van der Waals surface area contributed by atoms with Crippen LogP contribution in [-0.2, 0) is 12.8 Å². The number of benzene rings is 3. The van der Waals surface area contributed by atoms with Gasteiger partial charge in [0.2, 0.25) is 0 Å². The molecule has 176 valence electrons. The molecule has 3 aromatic rings. The van der Waals surface area contributed by atoms with Crippen molar-refractivity contribution < 1.29 is 17.9 Å². The van der Waals surface area contributed by atoms with Crippen LogP contribution in [0.3, 0.4) is 0 Å². The van der Waals surface area contributed by atoms with Crippen LogP contribution in [-0.4, -0.2) is 12.4 Å². The van der Waals surface area contributed by atoms with E-state index in [1.807, 2.05) is 0 Å². The first-order valence-electron chi connectivity index (χ1n) is 11.6. The van der Waals surface area contributed by atoms with Crippen LogP contribution in [0.1, 0.15) is 47.9 Å². The Morgan fingerprint density at radius 3 is 1.85 bits per heavy atom. The molecular formula is C28H26F3NOS. The van der Waals surface area contributed by atoms with E-state index in [0.29, 0.717) is 6.04 Å². The van der Waals surface area contributed by atoms with E-state index < -0.39 is 6.36 Å². The van der Waals surface area contributed by atoms with Gasteiger partial charge in [-0.3, -0.25) is 4.72 Å². The summed E-state index contributed by atoms with van der Waals surface area (Å²) < 4.78 is 44.5. The smallest absolute Gasteiger partial charge is 0.406 e. The second kappa shape index (κ2) is 9.88. The summed E-state index contributed by atoms with van der Waals surface area (Å²) >= 11 is 1.47. The quantitative estimate of drug-likeness (QED) is 0.385. The third-order valence-corrected chi connectivity index (χ3v) is 7.54. The first kappa shape index (κ1) is 23.1. The molecule has 0 radical (unpaired) electrons. The van der Waals surface area contributed by atoms with Crippen molar-refractivity contribution in [2.75, 3.05) is 0 Å². The summed E-state index contributed by atoms with van der Waals surface area (Å²) in [5, 5.41) is 0. The Bertz CT molecular complexity index is 1130. The Labute approximate surface area is 202 Å². The van der Waals surface area contributed by atoms with Gasteiger partial charge in [0.25, 0.3) is 0 Å². The van der Waals surface area contributed by atoms with Crippen molar-refractivity contribution in [1.29, 1.82) is 0 Å². The van der Waals surface area contributed by atoms with Gasteiger partial charge < -0.3 is 4.74 Å². The van der Waals surface area contributed by atoms with Crippen molar-refractivity contribution in [3.63, 3.8) is 0 Å². The van der Waals surface area contributed by atoms with Crippen LogP contribution in [0.4, 0.5) is 13.2 Å². The van der Waals surface area contributed by atoms with Gasteiger partial charge in [-0.15, -0.1) is 13.2 Å². The van der Waals surface area contributed by atoms with Gasteiger partial charge in [-0.05, 0) is 103 Å². The maximum absolute atomic E-state index is 12.3. The number of nitrogens with one attached hydrogen (secondary N) is 1. The fraction of sp³-hybridized carbons (Fsp3) is 0.286. The summed E-state index contributed by atoms with van der Waals surface area (Å²) in [5.41, 5.74) is 8.56. The van der Waals surface area contributed by atoms with E-state index >= 15 is 0 Å². The Hall–Kier alpha value is -2.70. The van der Waals surface area contributed by atoms with Crippen molar-refractivity contribution in [3.05, 3.63) is 101 Å². The summed E-state index contributed by atoms with van der Waals surface area (Å²) in [4.78, 5) is 0.866. The van der Waals surface area contributed by atoms with Gasteiger partial charge in [-0.25, -0.2) is 0 Å². The molecule has 0 heterocycles. The van der Waals surface area contributed by atoms with E-state index in [1.165, 1.54) is 57.5 Å². The lowest BCUT2D eigenvalue weighted by atomic mass is 9.82. The summed E-state index contributed by atoms with van der Waals surface area (Å²) in [5.74, 6) is -0.199. The molecule has 5 rings (SSSR count). The van der Waals surface area contributed by atoms with Gasteiger partial charge in [-0.2, -0.15) is 0 Å². The Balaban J connectivity index is 1.28. The van der Waals surface area contributed by atoms with Crippen molar-refractivity contribution in [2.24, 2.45) is 0 Å².